The van der Waals surface area contributed by atoms with Crippen molar-refractivity contribution in [2.24, 2.45) is 5.41 Å². The monoisotopic (exact) mass is 318 g/mol. The highest BCUT2D eigenvalue weighted by Gasteiger charge is 2.26. The van der Waals surface area contributed by atoms with Gasteiger partial charge in [0.15, 0.2) is 0 Å². The summed E-state index contributed by atoms with van der Waals surface area (Å²) in [5.74, 6) is -0.189. The van der Waals surface area contributed by atoms with Crippen LogP contribution in [0.4, 0.5) is 4.79 Å². The van der Waals surface area contributed by atoms with Crippen LogP contribution in [-0.4, -0.2) is 45.7 Å². The van der Waals surface area contributed by atoms with E-state index in [-0.39, 0.29) is 12.6 Å². The number of ether oxygens (including phenoxy) is 4. The van der Waals surface area contributed by atoms with Gasteiger partial charge < -0.3 is 18.9 Å². The van der Waals surface area contributed by atoms with Gasteiger partial charge in [-0.1, -0.05) is 6.92 Å². The molecule has 0 bridgehead atoms. The number of esters is 1. The Morgan fingerprint density at radius 2 is 1.27 bits per heavy atom. The molecule has 0 rings (SSSR count). The highest BCUT2D eigenvalue weighted by atomic mass is 16.7. The number of hydrogen-bond acceptors (Lipinski definition) is 6. The molecule has 0 aliphatic carbocycles. The molecule has 0 aliphatic rings. The van der Waals surface area contributed by atoms with Gasteiger partial charge in [-0.2, -0.15) is 0 Å². The lowest BCUT2D eigenvalue weighted by atomic mass is 9.91. The van der Waals surface area contributed by atoms with Crippen molar-refractivity contribution in [3.63, 3.8) is 0 Å². The lowest BCUT2D eigenvalue weighted by Crippen LogP contribution is -2.26. The molecule has 0 aliphatic heterocycles. The van der Waals surface area contributed by atoms with Gasteiger partial charge in [-0.15, -0.1) is 0 Å². The second kappa shape index (κ2) is 12.3. The van der Waals surface area contributed by atoms with E-state index in [0.29, 0.717) is 32.7 Å². The minimum atomic E-state index is -0.651. The molecule has 0 radical (unpaired) electrons. The zero-order valence-corrected chi connectivity index (χ0v) is 14.3. The average Bonchev–Trinajstić information content (AvgIpc) is 2.50. The van der Waals surface area contributed by atoms with Crippen LogP contribution >= 0.6 is 0 Å². The predicted molar refractivity (Wildman–Crippen MR) is 82.7 cm³/mol. The smallest absolute Gasteiger partial charge is 0.465 e. The Morgan fingerprint density at radius 3 is 1.73 bits per heavy atom. The van der Waals surface area contributed by atoms with Gasteiger partial charge in [0.05, 0.1) is 25.2 Å². The van der Waals surface area contributed by atoms with Crippen LogP contribution in [0, 0.1) is 5.41 Å². The lowest BCUT2D eigenvalue weighted by molar-refractivity contribution is -0.154. The van der Waals surface area contributed by atoms with Crippen LogP contribution in [0.1, 0.15) is 52.9 Å². The number of carbonyl (C=O) groups excluding carboxylic acids is 2. The summed E-state index contributed by atoms with van der Waals surface area (Å²) in [7, 11) is 1.63. The molecule has 0 fully saturated rings. The second-order valence-electron chi connectivity index (χ2n) is 5.73. The van der Waals surface area contributed by atoms with Crippen LogP contribution < -0.4 is 0 Å². The predicted octanol–water partition coefficient (Wildman–Crippen LogP) is 3.33. The van der Waals surface area contributed by atoms with Crippen LogP contribution in [0.25, 0.3) is 0 Å². The summed E-state index contributed by atoms with van der Waals surface area (Å²) in [6, 6.07) is 0. The molecule has 0 saturated heterocycles. The first-order valence-corrected chi connectivity index (χ1v) is 7.89. The molecule has 0 spiro atoms. The normalized spacial score (nSPS) is 11.1. The van der Waals surface area contributed by atoms with Crippen LogP contribution in [0.2, 0.25) is 0 Å². The third-order valence-corrected chi connectivity index (χ3v) is 3.39. The SMILES string of the molecule is CCC(C)(C)C(=O)OCCCCOC(=O)OCCCCOC. The third-order valence-electron chi connectivity index (χ3n) is 3.39. The van der Waals surface area contributed by atoms with Gasteiger partial charge in [-0.05, 0) is 46.0 Å². The molecule has 0 atom stereocenters. The quantitative estimate of drug-likeness (QED) is 0.406. The van der Waals surface area contributed by atoms with E-state index >= 15 is 0 Å². The molecular formula is C16H30O6. The fourth-order valence-corrected chi connectivity index (χ4v) is 1.41. The van der Waals surface area contributed by atoms with Gasteiger partial charge in [-0.25, -0.2) is 4.79 Å². The topological polar surface area (TPSA) is 71.1 Å². The maximum Gasteiger partial charge on any atom is 0.508 e. The standard InChI is InChI=1S/C16H30O6/c1-5-16(2,3)14(17)20-11-8-9-13-22-15(18)21-12-7-6-10-19-4/h5-13H2,1-4H3. The highest BCUT2D eigenvalue weighted by molar-refractivity contribution is 5.75. The molecule has 6 heteroatoms. The molecule has 0 heterocycles. The Hall–Kier alpha value is -1.30. The first-order valence-electron chi connectivity index (χ1n) is 7.89. The summed E-state index contributed by atoms with van der Waals surface area (Å²) in [6.45, 7) is 7.29. The van der Waals surface area contributed by atoms with Crippen molar-refractivity contribution in [1.29, 1.82) is 0 Å². The number of rotatable bonds is 12. The van der Waals surface area contributed by atoms with Crippen LogP contribution in [0.5, 0.6) is 0 Å². The van der Waals surface area contributed by atoms with Crippen molar-refractivity contribution in [1.82, 2.24) is 0 Å². The van der Waals surface area contributed by atoms with Crippen molar-refractivity contribution in [3.8, 4) is 0 Å². The van der Waals surface area contributed by atoms with Crippen LogP contribution in [0.15, 0.2) is 0 Å². The maximum atomic E-state index is 11.7. The Morgan fingerprint density at radius 1 is 0.818 bits per heavy atom. The van der Waals surface area contributed by atoms with Crippen molar-refractivity contribution in [2.45, 2.75) is 52.9 Å². The van der Waals surface area contributed by atoms with E-state index in [2.05, 4.69) is 0 Å². The summed E-state index contributed by atoms with van der Waals surface area (Å²) in [6.07, 6.45) is 2.99. The molecule has 0 N–H and O–H groups in total. The Bertz CT molecular complexity index is 314. The van der Waals surface area contributed by atoms with Gasteiger partial charge in [-0.3, -0.25) is 4.79 Å². The Balaban J connectivity index is 3.46. The van der Waals surface area contributed by atoms with E-state index in [1.165, 1.54) is 0 Å². The zero-order chi connectivity index (χ0) is 16.8. The first kappa shape index (κ1) is 20.7. The van der Waals surface area contributed by atoms with Crippen molar-refractivity contribution in [3.05, 3.63) is 0 Å². The van der Waals surface area contributed by atoms with Crippen molar-refractivity contribution >= 4 is 12.1 Å². The second-order valence-corrected chi connectivity index (χ2v) is 5.73. The van der Waals surface area contributed by atoms with E-state index in [0.717, 1.165) is 19.3 Å². The third kappa shape index (κ3) is 10.4. The molecule has 0 saturated carbocycles. The summed E-state index contributed by atoms with van der Waals surface area (Å²) >= 11 is 0. The average molecular weight is 318 g/mol. The Labute approximate surface area is 133 Å². The fraction of sp³-hybridized carbons (Fsp3) is 0.875. The Kier molecular flexibility index (Phi) is 11.5. The molecule has 0 aromatic carbocycles. The molecule has 6 nitrogen and oxygen atoms in total. The van der Waals surface area contributed by atoms with Gasteiger partial charge in [0, 0.05) is 13.7 Å². The summed E-state index contributed by atoms with van der Waals surface area (Å²) < 4.78 is 19.9. The lowest BCUT2D eigenvalue weighted by Gasteiger charge is -2.20. The van der Waals surface area contributed by atoms with E-state index in [1.54, 1.807) is 7.11 Å². The van der Waals surface area contributed by atoms with E-state index in [1.807, 2.05) is 20.8 Å². The number of unbranched alkanes of at least 4 members (excludes halogenated alkanes) is 2. The minimum Gasteiger partial charge on any atom is -0.465 e. The first-order chi connectivity index (χ1) is 10.4. The number of hydrogen-bond donors (Lipinski definition) is 0. The zero-order valence-electron chi connectivity index (χ0n) is 14.3. The van der Waals surface area contributed by atoms with Crippen LogP contribution in [0.3, 0.4) is 0 Å². The minimum absolute atomic E-state index is 0.189. The van der Waals surface area contributed by atoms with Crippen LogP contribution in [-0.2, 0) is 23.7 Å². The summed E-state index contributed by atoms with van der Waals surface area (Å²) in [4.78, 5) is 22.9. The molecule has 0 aromatic heterocycles. The van der Waals surface area contributed by atoms with Crippen molar-refractivity contribution < 1.29 is 28.5 Å². The molecular weight excluding hydrogens is 288 g/mol. The number of carbonyl (C=O) groups is 2. The largest absolute Gasteiger partial charge is 0.508 e. The van der Waals surface area contributed by atoms with E-state index in [4.69, 9.17) is 18.9 Å². The molecule has 130 valence electrons. The summed E-state index contributed by atoms with van der Waals surface area (Å²) in [5.41, 5.74) is -0.441. The van der Waals surface area contributed by atoms with Gasteiger partial charge in [0.1, 0.15) is 0 Å². The van der Waals surface area contributed by atoms with Gasteiger partial charge in [0.2, 0.25) is 0 Å². The van der Waals surface area contributed by atoms with Crippen molar-refractivity contribution in [2.75, 3.05) is 33.5 Å². The fourth-order valence-electron chi connectivity index (χ4n) is 1.41. The molecule has 0 aromatic rings. The van der Waals surface area contributed by atoms with Gasteiger partial charge >= 0.3 is 12.1 Å². The summed E-state index contributed by atoms with van der Waals surface area (Å²) in [5, 5.41) is 0. The van der Waals surface area contributed by atoms with Gasteiger partial charge in [0.25, 0.3) is 0 Å². The number of methoxy groups -OCH3 is 1. The van der Waals surface area contributed by atoms with E-state index < -0.39 is 11.6 Å². The van der Waals surface area contributed by atoms with E-state index in [9.17, 15) is 9.59 Å². The highest BCUT2D eigenvalue weighted by Crippen LogP contribution is 2.21. The maximum absolute atomic E-state index is 11.7. The molecule has 22 heavy (non-hydrogen) atoms. The molecule has 0 amide bonds. The molecule has 0 unspecified atom stereocenters.